The third-order valence-electron chi connectivity index (χ3n) is 3.58. The number of nitrogens with one attached hydrogen (secondary N) is 1. The van der Waals surface area contributed by atoms with Crippen LogP contribution in [0.1, 0.15) is 18.1 Å². The lowest BCUT2D eigenvalue weighted by Gasteiger charge is -2.12. The Labute approximate surface area is 137 Å². The average molecular weight is 335 g/mol. The number of rotatable bonds is 7. The molecule has 1 N–H and O–H groups in total. The minimum atomic E-state index is -3.57. The molecule has 0 fully saturated rings. The summed E-state index contributed by atoms with van der Waals surface area (Å²) in [6, 6.07) is 12.1. The second-order valence-corrected chi connectivity index (χ2v) is 6.77. The van der Waals surface area contributed by atoms with E-state index in [4.69, 9.17) is 9.47 Å². The standard InChI is InChI=1S/C17H21NO4S/c1-4-13-5-8-16(9-6-13)23(19,20)18-12-14-11-15(21-2)7-10-17(14)22-3/h5-11,18H,4,12H2,1-3H3. The molecule has 0 unspecified atom stereocenters. The Morgan fingerprint density at radius 3 is 2.26 bits per heavy atom. The fourth-order valence-corrected chi connectivity index (χ4v) is 3.19. The Morgan fingerprint density at radius 2 is 1.70 bits per heavy atom. The summed E-state index contributed by atoms with van der Waals surface area (Å²) >= 11 is 0. The molecule has 0 aliphatic rings. The van der Waals surface area contributed by atoms with E-state index in [0.717, 1.165) is 12.0 Å². The summed E-state index contributed by atoms with van der Waals surface area (Å²) in [4.78, 5) is 0.247. The Kier molecular flexibility index (Phi) is 5.63. The van der Waals surface area contributed by atoms with Crippen LogP contribution in [-0.2, 0) is 23.0 Å². The van der Waals surface area contributed by atoms with E-state index in [0.29, 0.717) is 17.1 Å². The van der Waals surface area contributed by atoms with E-state index >= 15 is 0 Å². The van der Waals surface area contributed by atoms with Gasteiger partial charge in [-0.1, -0.05) is 19.1 Å². The van der Waals surface area contributed by atoms with E-state index in [1.165, 1.54) is 0 Å². The third kappa shape index (κ3) is 4.24. The van der Waals surface area contributed by atoms with Gasteiger partial charge in [0.15, 0.2) is 0 Å². The van der Waals surface area contributed by atoms with Crippen LogP contribution in [0.5, 0.6) is 11.5 Å². The average Bonchev–Trinajstić information content (AvgIpc) is 2.59. The van der Waals surface area contributed by atoms with Gasteiger partial charge in [0.25, 0.3) is 0 Å². The number of ether oxygens (including phenoxy) is 2. The maximum Gasteiger partial charge on any atom is 0.240 e. The number of hydrogen-bond acceptors (Lipinski definition) is 4. The van der Waals surface area contributed by atoms with Crippen LogP contribution in [0.2, 0.25) is 0 Å². The molecular weight excluding hydrogens is 314 g/mol. The van der Waals surface area contributed by atoms with Gasteiger partial charge in [0.05, 0.1) is 19.1 Å². The molecule has 2 aromatic rings. The number of aryl methyl sites for hydroxylation is 1. The largest absolute Gasteiger partial charge is 0.497 e. The van der Waals surface area contributed by atoms with E-state index in [2.05, 4.69) is 4.72 Å². The number of sulfonamides is 1. The van der Waals surface area contributed by atoms with Gasteiger partial charge >= 0.3 is 0 Å². The van der Waals surface area contributed by atoms with Crippen molar-refractivity contribution in [3.63, 3.8) is 0 Å². The molecule has 0 saturated carbocycles. The topological polar surface area (TPSA) is 64.6 Å². The van der Waals surface area contributed by atoms with Crippen molar-refractivity contribution in [2.24, 2.45) is 0 Å². The zero-order valence-corrected chi connectivity index (χ0v) is 14.3. The van der Waals surface area contributed by atoms with Gasteiger partial charge in [-0.25, -0.2) is 13.1 Å². The molecule has 0 atom stereocenters. The summed E-state index contributed by atoms with van der Waals surface area (Å²) in [6.45, 7) is 2.15. The van der Waals surface area contributed by atoms with E-state index in [9.17, 15) is 8.42 Å². The minimum absolute atomic E-state index is 0.123. The highest BCUT2D eigenvalue weighted by Gasteiger charge is 2.15. The van der Waals surface area contributed by atoms with Crippen LogP contribution in [0.3, 0.4) is 0 Å². The highest BCUT2D eigenvalue weighted by atomic mass is 32.2. The normalized spacial score (nSPS) is 11.3. The molecule has 0 radical (unpaired) electrons. The first-order valence-electron chi connectivity index (χ1n) is 7.29. The van der Waals surface area contributed by atoms with Crippen molar-refractivity contribution in [3.8, 4) is 11.5 Å². The first kappa shape index (κ1) is 17.3. The molecule has 0 amide bonds. The predicted octanol–water partition coefficient (Wildman–Crippen LogP) is 2.74. The number of benzene rings is 2. The quantitative estimate of drug-likeness (QED) is 0.845. The summed E-state index contributed by atoms with van der Waals surface area (Å²) in [5.74, 6) is 1.25. The van der Waals surface area contributed by atoms with Gasteiger partial charge in [-0.2, -0.15) is 0 Å². The van der Waals surface area contributed by atoms with Crippen LogP contribution >= 0.6 is 0 Å². The molecule has 0 aliphatic carbocycles. The zero-order chi connectivity index (χ0) is 16.9. The van der Waals surface area contributed by atoms with E-state index in [1.807, 2.05) is 19.1 Å². The van der Waals surface area contributed by atoms with Crippen molar-refractivity contribution in [1.82, 2.24) is 4.72 Å². The van der Waals surface area contributed by atoms with Gasteiger partial charge in [0, 0.05) is 12.1 Å². The first-order valence-corrected chi connectivity index (χ1v) is 8.78. The molecule has 2 rings (SSSR count). The van der Waals surface area contributed by atoms with Gasteiger partial charge in [0.1, 0.15) is 11.5 Å². The summed E-state index contributed by atoms with van der Waals surface area (Å²) in [7, 11) is -0.469. The molecular formula is C17H21NO4S. The molecule has 0 aromatic heterocycles. The van der Waals surface area contributed by atoms with E-state index in [-0.39, 0.29) is 11.4 Å². The predicted molar refractivity (Wildman–Crippen MR) is 89.4 cm³/mol. The highest BCUT2D eigenvalue weighted by molar-refractivity contribution is 7.89. The van der Waals surface area contributed by atoms with Gasteiger partial charge in [-0.05, 0) is 42.3 Å². The van der Waals surface area contributed by atoms with Crippen LogP contribution in [0.4, 0.5) is 0 Å². The zero-order valence-electron chi connectivity index (χ0n) is 13.5. The lowest BCUT2D eigenvalue weighted by Crippen LogP contribution is -2.23. The highest BCUT2D eigenvalue weighted by Crippen LogP contribution is 2.24. The molecule has 23 heavy (non-hydrogen) atoms. The lowest BCUT2D eigenvalue weighted by molar-refractivity contribution is 0.398. The van der Waals surface area contributed by atoms with Crippen molar-refractivity contribution in [2.75, 3.05) is 14.2 Å². The maximum absolute atomic E-state index is 12.4. The van der Waals surface area contributed by atoms with Crippen molar-refractivity contribution in [1.29, 1.82) is 0 Å². The monoisotopic (exact) mass is 335 g/mol. The third-order valence-corrected chi connectivity index (χ3v) is 5.00. The fraction of sp³-hybridized carbons (Fsp3) is 0.294. The molecule has 5 nitrogen and oxygen atoms in total. The van der Waals surface area contributed by atoms with Crippen molar-refractivity contribution in [3.05, 3.63) is 53.6 Å². The second kappa shape index (κ2) is 7.48. The summed E-state index contributed by atoms with van der Waals surface area (Å²) < 4.78 is 37.8. The van der Waals surface area contributed by atoms with E-state index in [1.54, 1.807) is 44.6 Å². The Morgan fingerprint density at radius 1 is 1.00 bits per heavy atom. The summed E-state index contributed by atoms with van der Waals surface area (Å²) in [5, 5.41) is 0. The number of hydrogen-bond donors (Lipinski definition) is 1. The molecule has 124 valence electrons. The number of methoxy groups -OCH3 is 2. The molecule has 6 heteroatoms. The van der Waals surface area contributed by atoms with E-state index < -0.39 is 10.0 Å². The fourth-order valence-electron chi connectivity index (χ4n) is 2.18. The Balaban J connectivity index is 2.18. The first-order chi connectivity index (χ1) is 11.0. The van der Waals surface area contributed by atoms with Crippen molar-refractivity contribution < 1.29 is 17.9 Å². The van der Waals surface area contributed by atoms with Crippen molar-refractivity contribution in [2.45, 2.75) is 24.8 Å². The van der Waals surface area contributed by atoms with Gasteiger partial charge in [0.2, 0.25) is 10.0 Å². The maximum atomic E-state index is 12.4. The van der Waals surface area contributed by atoms with Crippen LogP contribution in [-0.4, -0.2) is 22.6 Å². The Hall–Kier alpha value is -2.05. The molecule has 2 aromatic carbocycles. The molecule has 0 saturated heterocycles. The van der Waals surface area contributed by atoms with Gasteiger partial charge in [-0.15, -0.1) is 0 Å². The van der Waals surface area contributed by atoms with Gasteiger partial charge in [-0.3, -0.25) is 0 Å². The van der Waals surface area contributed by atoms with Crippen LogP contribution < -0.4 is 14.2 Å². The van der Waals surface area contributed by atoms with Crippen molar-refractivity contribution >= 4 is 10.0 Å². The lowest BCUT2D eigenvalue weighted by atomic mass is 10.2. The second-order valence-electron chi connectivity index (χ2n) is 5.00. The summed E-state index contributed by atoms with van der Waals surface area (Å²) in [6.07, 6.45) is 0.870. The molecule has 0 aliphatic heterocycles. The van der Waals surface area contributed by atoms with Crippen LogP contribution in [0.15, 0.2) is 47.4 Å². The van der Waals surface area contributed by atoms with Crippen LogP contribution in [0, 0.1) is 0 Å². The molecule has 0 spiro atoms. The molecule has 0 heterocycles. The SMILES string of the molecule is CCc1ccc(S(=O)(=O)NCc2cc(OC)ccc2OC)cc1. The summed E-state index contributed by atoms with van der Waals surface area (Å²) in [5.41, 5.74) is 1.80. The minimum Gasteiger partial charge on any atom is -0.497 e. The molecule has 0 bridgehead atoms. The van der Waals surface area contributed by atoms with Crippen LogP contribution in [0.25, 0.3) is 0 Å². The van der Waals surface area contributed by atoms with Gasteiger partial charge < -0.3 is 9.47 Å². The smallest absolute Gasteiger partial charge is 0.240 e. The Bertz CT molecular complexity index is 755.